The highest BCUT2D eigenvalue weighted by atomic mass is 16.5. The second kappa shape index (κ2) is 41.7. The van der Waals surface area contributed by atoms with Crippen molar-refractivity contribution in [3.8, 4) is 0 Å². The average molecular weight is 547 g/mol. The van der Waals surface area contributed by atoms with E-state index >= 15 is 0 Å². The maximum absolute atomic E-state index is 5.85. The van der Waals surface area contributed by atoms with Gasteiger partial charge >= 0.3 is 0 Å². The normalized spacial score (nSPS) is 11.4. The Kier molecular flexibility index (Phi) is 43.1. The van der Waals surface area contributed by atoms with Gasteiger partial charge in [0, 0.05) is 13.2 Å². The van der Waals surface area contributed by atoms with E-state index in [9.17, 15) is 0 Å². The summed E-state index contributed by atoms with van der Waals surface area (Å²) in [6, 6.07) is 0. The Morgan fingerprint density at radius 3 is 0.846 bits per heavy atom. The molecule has 0 amide bonds. The van der Waals surface area contributed by atoms with Crippen molar-refractivity contribution in [2.24, 2.45) is 0 Å². The van der Waals surface area contributed by atoms with E-state index < -0.39 is 0 Å². The Hall–Kier alpha value is -0.820. The molecule has 1 heteroatoms. The fourth-order valence-corrected chi connectivity index (χ4v) is 5.01. The van der Waals surface area contributed by atoms with E-state index in [2.05, 4.69) is 51.3 Å². The minimum Gasteiger partial charge on any atom is -0.381 e. The number of allylic oxidation sites excluding steroid dienone is 4. The summed E-state index contributed by atoms with van der Waals surface area (Å²) in [5, 5.41) is 0. The van der Waals surface area contributed by atoms with Gasteiger partial charge in [0.1, 0.15) is 0 Å². The number of hydrogen-bond acceptors (Lipinski definition) is 1. The summed E-state index contributed by atoms with van der Waals surface area (Å²) in [6.07, 6.45) is 48.1. The van der Waals surface area contributed by atoms with Gasteiger partial charge in [0.25, 0.3) is 0 Å². The van der Waals surface area contributed by atoms with E-state index in [4.69, 9.17) is 4.74 Å². The van der Waals surface area contributed by atoms with Gasteiger partial charge < -0.3 is 4.74 Å². The zero-order chi connectivity index (χ0) is 28.7. The molecule has 0 fully saturated rings. The van der Waals surface area contributed by atoms with Crippen molar-refractivity contribution in [1.82, 2.24) is 0 Å². The van der Waals surface area contributed by atoms with Gasteiger partial charge in [0.2, 0.25) is 0 Å². The molecule has 0 unspecified atom stereocenters. The van der Waals surface area contributed by atoms with E-state index in [-0.39, 0.29) is 0 Å². The monoisotopic (exact) mass is 547 g/mol. The van der Waals surface area contributed by atoms with Gasteiger partial charge in [-0.05, 0) is 64.2 Å². The first-order valence-electron chi connectivity index (χ1n) is 17.8. The molecule has 232 valence electrons. The Bertz CT molecular complexity index is 412. The molecule has 0 atom stereocenters. The Morgan fingerprint density at radius 2 is 0.564 bits per heavy atom. The van der Waals surface area contributed by atoms with Crippen LogP contribution in [0.1, 0.15) is 194 Å². The Morgan fingerprint density at radius 1 is 0.333 bits per heavy atom. The first-order valence-corrected chi connectivity index (χ1v) is 17.8. The van der Waals surface area contributed by atoms with Crippen molar-refractivity contribution >= 4 is 0 Å². The van der Waals surface area contributed by atoms with Crippen LogP contribution in [0.5, 0.6) is 0 Å². The molecule has 0 radical (unpaired) electrons. The summed E-state index contributed by atoms with van der Waals surface area (Å²) < 4.78 is 5.85. The minimum atomic E-state index is 0.978. The predicted octanol–water partition coefficient (Wildman–Crippen LogP) is 13.9. The summed E-state index contributed by atoms with van der Waals surface area (Å²) in [5.41, 5.74) is 0. The van der Waals surface area contributed by atoms with Gasteiger partial charge in [-0.3, -0.25) is 0 Å². The van der Waals surface area contributed by atoms with Crippen LogP contribution in [0.15, 0.2) is 37.5 Å². The molecule has 0 saturated carbocycles. The molecule has 0 spiro atoms. The van der Waals surface area contributed by atoms with Crippen molar-refractivity contribution in [1.29, 1.82) is 0 Å². The summed E-state index contributed by atoms with van der Waals surface area (Å²) >= 11 is 0. The first-order chi connectivity index (χ1) is 19.4. The van der Waals surface area contributed by atoms with E-state index in [1.54, 1.807) is 0 Å². The molecule has 0 saturated heterocycles. The standard InChI is InChI=1S/C36H70O.C2H4/c1-3-5-7-9-11-13-15-17-19-21-23-25-27-29-31-33-35-37-36-34-32-30-28-26-24-22-20-18-16-14-12-10-8-6-4-2;1-2/h17-20H,3-16,21-36H2,1-2H3;1-2H2. The largest absolute Gasteiger partial charge is 0.381 e. The molecule has 0 aromatic carbocycles. The molecular formula is C38H74O. The first kappa shape index (κ1) is 40.3. The van der Waals surface area contributed by atoms with Gasteiger partial charge in [-0.1, -0.05) is 154 Å². The van der Waals surface area contributed by atoms with Crippen LogP contribution < -0.4 is 0 Å². The molecule has 0 aliphatic heterocycles. The lowest BCUT2D eigenvalue weighted by atomic mass is 10.1. The molecule has 1 nitrogen and oxygen atoms in total. The third-order valence-electron chi connectivity index (χ3n) is 7.60. The molecular weight excluding hydrogens is 472 g/mol. The van der Waals surface area contributed by atoms with Crippen LogP contribution >= 0.6 is 0 Å². The zero-order valence-electron chi connectivity index (χ0n) is 27.3. The molecule has 0 N–H and O–H groups in total. The summed E-state index contributed by atoms with van der Waals surface area (Å²) in [5.74, 6) is 0. The van der Waals surface area contributed by atoms with Crippen LogP contribution in [0, 0.1) is 0 Å². The number of rotatable bonds is 32. The highest BCUT2D eigenvalue weighted by molar-refractivity contribution is 4.82. The maximum Gasteiger partial charge on any atom is 0.0466 e. The molecule has 0 aliphatic rings. The maximum atomic E-state index is 5.85. The van der Waals surface area contributed by atoms with Crippen molar-refractivity contribution < 1.29 is 4.74 Å². The van der Waals surface area contributed by atoms with E-state index in [1.165, 1.54) is 180 Å². The van der Waals surface area contributed by atoms with Crippen molar-refractivity contribution in [2.75, 3.05) is 13.2 Å². The smallest absolute Gasteiger partial charge is 0.0466 e. The van der Waals surface area contributed by atoms with Gasteiger partial charge in [-0.2, -0.15) is 0 Å². The third-order valence-corrected chi connectivity index (χ3v) is 7.60. The SMILES string of the molecule is C=C.CCCCCCCCC=CCCCCCCCCOCCCCCCCCC=CCCCCCCCC. The highest BCUT2D eigenvalue weighted by Crippen LogP contribution is 2.12. The van der Waals surface area contributed by atoms with Crippen LogP contribution in [0.25, 0.3) is 0 Å². The molecule has 0 aromatic heterocycles. The van der Waals surface area contributed by atoms with Crippen LogP contribution in [0.2, 0.25) is 0 Å². The quantitative estimate of drug-likeness (QED) is 0.0602. The average Bonchev–Trinajstić information content (AvgIpc) is 2.96. The second-order valence-electron chi connectivity index (χ2n) is 11.5. The summed E-state index contributed by atoms with van der Waals surface area (Å²) in [6.45, 7) is 12.5. The van der Waals surface area contributed by atoms with Crippen LogP contribution in [0.3, 0.4) is 0 Å². The zero-order valence-corrected chi connectivity index (χ0v) is 27.3. The highest BCUT2D eigenvalue weighted by Gasteiger charge is 1.95. The molecule has 0 aromatic rings. The second-order valence-corrected chi connectivity index (χ2v) is 11.5. The van der Waals surface area contributed by atoms with Gasteiger partial charge in [0.05, 0.1) is 0 Å². The lowest BCUT2D eigenvalue weighted by Gasteiger charge is -2.05. The predicted molar refractivity (Wildman–Crippen MR) is 181 cm³/mol. The Labute approximate surface area is 248 Å². The fraction of sp³-hybridized carbons (Fsp3) is 0.842. The van der Waals surface area contributed by atoms with Gasteiger partial charge in [0.15, 0.2) is 0 Å². The lowest BCUT2D eigenvalue weighted by molar-refractivity contribution is 0.125. The number of unbranched alkanes of at least 4 members (excludes halogenated alkanes) is 24. The van der Waals surface area contributed by atoms with E-state index in [0.717, 1.165) is 13.2 Å². The summed E-state index contributed by atoms with van der Waals surface area (Å²) in [7, 11) is 0. The number of hydrogen-bond donors (Lipinski definition) is 0. The fourth-order valence-electron chi connectivity index (χ4n) is 5.01. The van der Waals surface area contributed by atoms with Crippen LogP contribution in [-0.2, 0) is 4.74 Å². The Balaban J connectivity index is 0. The van der Waals surface area contributed by atoms with Crippen molar-refractivity contribution in [2.45, 2.75) is 194 Å². The molecule has 0 rings (SSSR count). The third kappa shape index (κ3) is 41.8. The van der Waals surface area contributed by atoms with Crippen LogP contribution in [-0.4, -0.2) is 13.2 Å². The minimum absolute atomic E-state index is 0.978. The van der Waals surface area contributed by atoms with Gasteiger partial charge in [-0.15, -0.1) is 13.2 Å². The topological polar surface area (TPSA) is 9.23 Å². The van der Waals surface area contributed by atoms with Crippen molar-refractivity contribution in [3.05, 3.63) is 37.5 Å². The lowest BCUT2D eigenvalue weighted by Crippen LogP contribution is -1.97. The summed E-state index contributed by atoms with van der Waals surface area (Å²) in [4.78, 5) is 0. The van der Waals surface area contributed by atoms with Gasteiger partial charge in [-0.25, -0.2) is 0 Å². The molecule has 0 bridgehead atoms. The van der Waals surface area contributed by atoms with Crippen molar-refractivity contribution in [3.63, 3.8) is 0 Å². The molecule has 39 heavy (non-hydrogen) atoms. The van der Waals surface area contributed by atoms with Crippen LogP contribution in [0.4, 0.5) is 0 Å². The van der Waals surface area contributed by atoms with E-state index in [1.807, 2.05) is 0 Å². The van der Waals surface area contributed by atoms with E-state index in [0.29, 0.717) is 0 Å². The molecule has 0 heterocycles. The number of ether oxygens (including phenoxy) is 1. The molecule has 0 aliphatic carbocycles.